The first-order valence-electron chi connectivity index (χ1n) is 12.0. The molecule has 0 bridgehead atoms. The van der Waals surface area contributed by atoms with Gasteiger partial charge in [0.1, 0.15) is 0 Å². The number of benzene rings is 1. The number of halogens is 1. The van der Waals surface area contributed by atoms with Crippen molar-refractivity contribution in [1.29, 1.82) is 0 Å². The maximum absolute atomic E-state index is 13.4. The normalized spacial score (nSPS) is 18.3. The molecule has 1 aromatic carbocycles. The standard InChI is InChI=1S/C26H38BrN5O2/c1-7-31(21-10-8-20(9-11-21)30(5)6)24-14-19(27)13-22(18(24)4)26(34)32(28)15-23-16(2)12-17(3)29-25(23)33/h12-14,20-21H,7-11,15,28H2,1-6H3,(H,29,33). The SMILES string of the molecule is CCN(c1cc(Br)cc(C(=O)N(N)Cc2c(C)cc(C)[nH]c2=O)c1C)C1CCC(N(C)C)CC1. The summed E-state index contributed by atoms with van der Waals surface area (Å²) in [6, 6.07) is 6.89. The Bertz CT molecular complexity index is 1090. The third-order valence-electron chi connectivity index (χ3n) is 7.15. The van der Waals surface area contributed by atoms with Crippen molar-refractivity contribution >= 4 is 27.5 Å². The van der Waals surface area contributed by atoms with E-state index in [-0.39, 0.29) is 18.0 Å². The highest BCUT2D eigenvalue weighted by molar-refractivity contribution is 9.10. The third-order valence-corrected chi connectivity index (χ3v) is 7.60. The van der Waals surface area contributed by atoms with Gasteiger partial charge in [-0.05, 0) is 96.8 Å². The molecule has 1 fully saturated rings. The predicted octanol–water partition coefficient (Wildman–Crippen LogP) is 4.28. The van der Waals surface area contributed by atoms with Gasteiger partial charge in [-0.15, -0.1) is 0 Å². The van der Waals surface area contributed by atoms with Crippen molar-refractivity contribution in [1.82, 2.24) is 14.9 Å². The van der Waals surface area contributed by atoms with Crippen LogP contribution in [-0.4, -0.2) is 53.5 Å². The topological polar surface area (TPSA) is 85.7 Å². The Balaban J connectivity index is 1.87. The van der Waals surface area contributed by atoms with Crippen molar-refractivity contribution < 1.29 is 4.79 Å². The number of rotatable bonds is 7. The van der Waals surface area contributed by atoms with E-state index < -0.39 is 0 Å². The number of nitrogens with zero attached hydrogens (tertiary/aromatic N) is 3. The molecule has 0 spiro atoms. The van der Waals surface area contributed by atoms with E-state index in [1.54, 1.807) is 0 Å². The van der Waals surface area contributed by atoms with Crippen LogP contribution in [0.2, 0.25) is 0 Å². The summed E-state index contributed by atoms with van der Waals surface area (Å²) in [5.41, 5.74) is 4.42. The van der Waals surface area contributed by atoms with Gasteiger partial charge in [0, 0.05) is 45.6 Å². The largest absolute Gasteiger partial charge is 0.369 e. The molecule has 1 saturated carbocycles. The van der Waals surface area contributed by atoms with Crippen LogP contribution in [-0.2, 0) is 6.54 Å². The van der Waals surface area contributed by atoms with Crippen LogP contribution in [0.3, 0.4) is 0 Å². The summed E-state index contributed by atoms with van der Waals surface area (Å²) >= 11 is 3.61. The number of aryl methyl sites for hydroxylation is 2. The van der Waals surface area contributed by atoms with Crippen molar-refractivity contribution in [3.63, 3.8) is 0 Å². The highest BCUT2D eigenvalue weighted by Gasteiger charge is 2.28. The van der Waals surface area contributed by atoms with Gasteiger partial charge in [0.05, 0.1) is 6.54 Å². The van der Waals surface area contributed by atoms with Gasteiger partial charge in [0.25, 0.3) is 11.5 Å². The highest BCUT2D eigenvalue weighted by atomic mass is 79.9. The molecule has 1 aromatic heterocycles. The molecular weight excluding hydrogens is 494 g/mol. The summed E-state index contributed by atoms with van der Waals surface area (Å²) in [7, 11) is 4.31. The molecule has 0 aliphatic heterocycles. The van der Waals surface area contributed by atoms with Crippen LogP contribution < -0.4 is 16.3 Å². The zero-order valence-electron chi connectivity index (χ0n) is 21.2. The monoisotopic (exact) mass is 531 g/mol. The molecule has 0 saturated heterocycles. The smallest absolute Gasteiger partial charge is 0.268 e. The van der Waals surface area contributed by atoms with Crippen LogP contribution in [0.15, 0.2) is 27.5 Å². The molecule has 1 heterocycles. The van der Waals surface area contributed by atoms with Gasteiger partial charge in [-0.2, -0.15) is 0 Å². The Labute approximate surface area is 211 Å². The lowest BCUT2D eigenvalue weighted by Gasteiger charge is -2.40. The Morgan fingerprint density at radius 2 is 1.71 bits per heavy atom. The number of hydrogen-bond acceptors (Lipinski definition) is 5. The number of aromatic nitrogens is 1. The molecule has 1 amide bonds. The summed E-state index contributed by atoms with van der Waals surface area (Å²) < 4.78 is 0.842. The molecule has 7 nitrogen and oxygen atoms in total. The van der Waals surface area contributed by atoms with E-state index in [1.165, 1.54) is 12.8 Å². The Morgan fingerprint density at radius 1 is 1.09 bits per heavy atom. The number of H-pyrrole nitrogens is 1. The second-order valence-electron chi connectivity index (χ2n) is 9.69. The van der Waals surface area contributed by atoms with Crippen molar-refractivity contribution in [2.45, 2.75) is 72.0 Å². The minimum atomic E-state index is -0.299. The van der Waals surface area contributed by atoms with Gasteiger partial charge in [0.2, 0.25) is 0 Å². The van der Waals surface area contributed by atoms with E-state index in [4.69, 9.17) is 5.84 Å². The zero-order chi connectivity index (χ0) is 25.2. The van der Waals surface area contributed by atoms with Crippen LogP contribution in [0, 0.1) is 20.8 Å². The number of carbonyl (C=O) groups excluding carboxylic acids is 1. The molecule has 186 valence electrons. The van der Waals surface area contributed by atoms with Gasteiger partial charge >= 0.3 is 0 Å². The summed E-state index contributed by atoms with van der Waals surface area (Å²) in [4.78, 5) is 33.4. The number of aromatic amines is 1. The van der Waals surface area contributed by atoms with Gasteiger partial charge in [-0.3, -0.25) is 14.6 Å². The predicted molar refractivity (Wildman–Crippen MR) is 142 cm³/mol. The zero-order valence-corrected chi connectivity index (χ0v) is 22.8. The molecule has 1 aliphatic rings. The summed E-state index contributed by atoms with van der Waals surface area (Å²) in [5, 5.41) is 1.14. The summed E-state index contributed by atoms with van der Waals surface area (Å²) in [6.07, 6.45) is 4.61. The lowest BCUT2D eigenvalue weighted by atomic mass is 9.89. The van der Waals surface area contributed by atoms with E-state index in [2.05, 4.69) is 57.8 Å². The summed E-state index contributed by atoms with van der Waals surface area (Å²) in [5.74, 6) is 5.92. The first kappa shape index (κ1) is 26.4. The average Bonchev–Trinajstić information content (AvgIpc) is 2.78. The maximum Gasteiger partial charge on any atom is 0.268 e. The number of anilines is 1. The van der Waals surface area contributed by atoms with Gasteiger partial charge < -0.3 is 14.8 Å². The molecule has 3 N–H and O–H groups in total. The quantitative estimate of drug-likeness (QED) is 0.316. The van der Waals surface area contributed by atoms with Crippen LogP contribution in [0.25, 0.3) is 0 Å². The maximum atomic E-state index is 13.4. The highest BCUT2D eigenvalue weighted by Crippen LogP contribution is 2.34. The first-order chi connectivity index (χ1) is 16.0. The number of pyridine rings is 1. The molecule has 0 radical (unpaired) electrons. The Kier molecular flexibility index (Phi) is 8.60. The molecule has 1 aliphatic carbocycles. The molecule has 2 aromatic rings. The van der Waals surface area contributed by atoms with Crippen LogP contribution in [0.4, 0.5) is 5.69 Å². The van der Waals surface area contributed by atoms with Gasteiger partial charge in [0.15, 0.2) is 0 Å². The number of nitrogens with one attached hydrogen (secondary N) is 1. The van der Waals surface area contributed by atoms with Crippen molar-refractivity contribution in [3.05, 3.63) is 61.0 Å². The lowest BCUT2D eigenvalue weighted by Crippen LogP contribution is -2.43. The van der Waals surface area contributed by atoms with E-state index in [9.17, 15) is 9.59 Å². The Morgan fingerprint density at radius 3 is 2.26 bits per heavy atom. The minimum Gasteiger partial charge on any atom is -0.369 e. The van der Waals surface area contributed by atoms with Crippen LogP contribution in [0.1, 0.15) is 65.3 Å². The number of hydrazine groups is 1. The molecule has 0 atom stereocenters. The van der Waals surface area contributed by atoms with Crippen molar-refractivity contribution in [3.8, 4) is 0 Å². The van der Waals surface area contributed by atoms with E-state index >= 15 is 0 Å². The molecule has 0 unspecified atom stereocenters. The van der Waals surface area contributed by atoms with E-state index in [0.29, 0.717) is 23.2 Å². The second kappa shape index (κ2) is 11.1. The average molecular weight is 533 g/mol. The number of amides is 1. The number of hydrogen-bond donors (Lipinski definition) is 2. The first-order valence-corrected chi connectivity index (χ1v) is 12.8. The van der Waals surface area contributed by atoms with Gasteiger partial charge in [-0.25, -0.2) is 5.84 Å². The third kappa shape index (κ3) is 5.73. The van der Waals surface area contributed by atoms with Crippen LogP contribution in [0.5, 0.6) is 0 Å². The van der Waals surface area contributed by atoms with E-state index in [1.807, 2.05) is 32.9 Å². The second-order valence-corrected chi connectivity index (χ2v) is 10.6. The Hall–Kier alpha value is -2.16. The van der Waals surface area contributed by atoms with Crippen molar-refractivity contribution in [2.24, 2.45) is 5.84 Å². The molecule has 3 rings (SSSR count). The number of carbonyl (C=O) groups is 1. The van der Waals surface area contributed by atoms with Gasteiger partial charge in [-0.1, -0.05) is 15.9 Å². The van der Waals surface area contributed by atoms with E-state index in [0.717, 1.165) is 51.4 Å². The number of nitrogens with two attached hydrogens (primary N) is 1. The fraction of sp³-hybridized carbons (Fsp3) is 0.538. The molecule has 34 heavy (non-hydrogen) atoms. The summed E-state index contributed by atoms with van der Waals surface area (Å²) in [6.45, 7) is 8.77. The fourth-order valence-corrected chi connectivity index (χ4v) is 5.62. The minimum absolute atomic E-state index is 0.0492. The molecular formula is C26H38BrN5O2. The lowest BCUT2D eigenvalue weighted by molar-refractivity contribution is 0.0741. The van der Waals surface area contributed by atoms with Crippen molar-refractivity contribution in [2.75, 3.05) is 25.5 Å². The fourth-order valence-electron chi connectivity index (χ4n) is 5.17. The van der Waals surface area contributed by atoms with Crippen LogP contribution >= 0.6 is 15.9 Å². The molecule has 8 heteroatoms.